The molecule has 26 heavy (non-hydrogen) atoms. The first kappa shape index (κ1) is 24.4. The minimum absolute atomic E-state index is 0. The molecule has 2 rings (SSSR count). The fourth-order valence-corrected chi connectivity index (χ4v) is 2.75. The molecule has 0 aliphatic heterocycles. The minimum Gasteiger partial charge on any atom is -0.469 e. The third-order valence-corrected chi connectivity index (χ3v) is 4.07. The molecular formula is C16H24Cl2N4O3S. The number of thiazole rings is 1. The van der Waals surface area contributed by atoms with Crippen molar-refractivity contribution in [3.05, 3.63) is 34.7 Å². The zero-order chi connectivity index (χ0) is 17.4. The summed E-state index contributed by atoms with van der Waals surface area (Å²) >= 11 is 1.29. The van der Waals surface area contributed by atoms with Gasteiger partial charge in [0.1, 0.15) is 5.76 Å². The maximum atomic E-state index is 12.1. The third-order valence-electron chi connectivity index (χ3n) is 3.27. The molecule has 0 spiro atoms. The number of hydrogen-bond acceptors (Lipinski definition) is 6. The van der Waals surface area contributed by atoms with E-state index in [2.05, 4.69) is 27.9 Å². The number of aromatic nitrogens is 1. The van der Waals surface area contributed by atoms with E-state index < -0.39 is 0 Å². The maximum absolute atomic E-state index is 12.1. The second-order valence-electron chi connectivity index (χ2n) is 5.27. The van der Waals surface area contributed by atoms with Crippen LogP contribution in [0.15, 0.2) is 22.1 Å². The van der Waals surface area contributed by atoms with Gasteiger partial charge in [-0.1, -0.05) is 6.92 Å². The number of carbonyl (C=O) groups excluding carboxylic acids is 2. The van der Waals surface area contributed by atoms with E-state index in [0.29, 0.717) is 28.7 Å². The molecule has 2 heterocycles. The van der Waals surface area contributed by atoms with Gasteiger partial charge >= 0.3 is 0 Å². The average molecular weight is 423 g/mol. The number of furan rings is 1. The van der Waals surface area contributed by atoms with Crippen molar-refractivity contribution in [2.75, 3.05) is 25.0 Å². The SMILES string of the molecule is CCCNCCNC(=O)Cc1csc(NC(=O)c2ccoc2C)n1.Cl.Cl. The highest BCUT2D eigenvalue weighted by Gasteiger charge is 2.14. The summed E-state index contributed by atoms with van der Waals surface area (Å²) in [6, 6.07) is 1.61. The highest BCUT2D eigenvalue weighted by molar-refractivity contribution is 7.14. The first-order valence-corrected chi connectivity index (χ1v) is 8.75. The Balaban J connectivity index is 0.00000312. The van der Waals surface area contributed by atoms with E-state index in [0.717, 1.165) is 19.5 Å². The zero-order valence-corrected chi connectivity index (χ0v) is 17.1. The van der Waals surface area contributed by atoms with Crippen molar-refractivity contribution >= 4 is 53.1 Å². The van der Waals surface area contributed by atoms with Crippen LogP contribution in [0, 0.1) is 6.92 Å². The zero-order valence-electron chi connectivity index (χ0n) is 14.7. The Morgan fingerprint density at radius 2 is 2.00 bits per heavy atom. The van der Waals surface area contributed by atoms with Crippen LogP contribution in [0.25, 0.3) is 0 Å². The first-order chi connectivity index (χ1) is 11.6. The molecule has 2 amide bonds. The second-order valence-corrected chi connectivity index (χ2v) is 6.12. The number of rotatable bonds is 9. The summed E-state index contributed by atoms with van der Waals surface area (Å²) in [7, 11) is 0. The number of amides is 2. The van der Waals surface area contributed by atoms with E-state index in [1.807, 2.05) is 0 Å². The smallest absolute Gasteiger partial charge is 0.260 e. The maximum Gasteiger partial charge on any atom is 0.260 e. The summed E-state index contributed by atoms with van der Waals surface area (Å²) < 4.78 is 5.11. The molecule has 0 aliphatic rings. The second kappa shape index (κ2) is 12.7. The van der Waals surface area contributed by atoms with Crippen molar-refractivity contribution in [3.8, 4) is 0 Å². The summed E-state index contributed by atoms with van der Waals surface area (Å²) in [5.41, 5.74) is 1.11. The van der Waals surface area contributed by atoms with Gasteiger partial charge in [-0.15, -0.1) is 36.2 Å². The quantitative estimate of drug-likeness (QED) is 0.539. The molecule has 0 saturated heterocycles. The molecule has 0 atom stereocenters. The molecule has 2 aromatic heterocycles. The topological polar surface area (TPSA) is 96.3 Å². The lowest BCUT2D eigenvalue weighted by Gasteiger charge is -2.05. The Morgan fingerprint density at radius 3 is 2.65 bits per heavy atom. The largest absolute Gasteiger partial charge is 0.469 e. The van der Waals surface area contributed by atoms with Gasteiger partial charge in [-0.25, -0.2) is 4.98 Å². The Labute approximate surface area is 169 Å². The summed E-state index contributed by atoms with van der Waals surface area (Å²) in [6.07, 6.45) is 2.74. The molecule has 2 aromatic rings. The van der Waals surface area contributed by atoms with Crippen molar-refractivity contribution < 1.29 is 14.0 Å². The predicted octanol–water partition coefficient (Wildman–Crippen LogP) is 2.80. The summed E-state index contributed by atoms with van der Waals surface area (Å²) in [4.78, 5) is 28.2. The number of halogens is 2. The summed E-state index contributed by atoms with van der Waals surface area (Å²) in [5.74, 6) is 0.205. The van der Waals surface area contributed by atoms with Crippen molar-refractivity contribution in [2.45, 2.75) is 26.7 Å². The van der Waals surface area contributed by atoms with E-state index in [-0.39, 0.29) is 43.0 Å². The molecule has 0 bridgehead atoms. The number of nitrogens with zero attached hydrogens (tertiary/aromatic N) is 1. The van der Waals surface area contributed by atoms with Crippen molar-refractivity contribution in [1.29, 1.82) is 0 Å². The van der Waals surface area contributed by atoms with Crippen LogP contribution < -0.4 is 16.0 Å². The van der Waals surface area contributed by atoms with Crippen LogP contribution >= 0.6 is 36.2 Å². The number of aryl methyl sites for hydroxylation is 1. The molecule has 10 heteroatoms. The lowest BCUT2D eigenvalue weighted by atomic mass is 10.2. The van der Waals surface area contributed by atoms with Crippen LogP contribution in [0.1, 0.15) is 35.2 Å². The fraction of sp³-hybridized carbons (Fsp3) is 0.438. The van der Waals surface area contributed by atoms with Gasteiger partial charge in [-0.3, -0.25) is 14.9 Å². The van der Waals surface area contributed by atoms with Crippen LogP contribution in [0.2, 0.25) is 0 Å². The molecule has 7 nitrogen and oxygen atoms in total. The molecule has 0 radical (unpaired) electrons. The highest BCUT2D eigenvalue weighted by atomic mass is 35.5. The number of carbonyl (C=O) groups is 2. The Morgan fingerprint density at radius 1 is 1.23 bits per heavy atom. The minimum atomic E-state index is -0.270. The van der Waals surface area contributed by atoms with Crippen molar-refractivity contribution in [2.24, 2.45) is 0 Å². The summed E-state index contributed by atoms with van der Waals surface area (Å²) in [5, 5.41) is 11.0. The van der Waals surface area contributed by atoms with Gasteiger partial charge in [0.25, 0.3) is 5.91 Å². The standard InChI is InChI=1S/C16H22N4O3S.2ClH/c1-3-5-17-6-7-18-14(21)9-12-10-24-16(19-12)20-15(22)13-4-8-23-11(13)2;;/h4,8,10,17H,3,5-7,9H2,1-2H3,(H,18,21)(H,19,20,22);2*1H. The van der Waals surface area contributed by atoms with Crippen molar-refractivity contribution in [1.82, 2.24) is 15.6 Å². The van der Waals surface area contributed by atoms with E-state index >= 15 is 0 Å². The first-order valence-electron chi connectivity index (χ1n) is 7.87. The van der Waals surface area contributed by atoms with E-state index in [9.17, 15) is 9.59 Å². The van der Waals surface area contributed by atoms with Crippen LogP contribution in [0.3, 0.4) is 0 Å². The third kappa shape index (κ3) is 7.74. The molecule has 0 unspecified atom stereocenters. The molecule has 3 N–H and O–H groups in total. The predicted molar refractivity (Wildman–Crippen MR) is 108 cm³/mol. The number of hydrogen-bond donors (Lipinski definition) is 3. The lowest BCUT2D eigenvalue weighted by Crippen LogP contribution is -2.33. The van der Waals surface area contributed by atoms with Gasteiger partial charge in [-0.05, 0) is 26.0 Å². The van der Waals surface area contributed by atoms with Crippen LogP contribution in [0.4, 0.5) is 5.13 Å². The summed E-state index contributed by atoms with van der Waals surface area (Å²) in [6.45, 7) is 6.11. The van der Waals surface area contributed by atoms with E-state index in [1.54, 1.807) is 18.4 Å². The van der Waals surface area contributed by atoms with Gasteiger partial charge in [0, 0.05) is 18.5 Å². The molecular weight excluding hydrogens is 399 g/mol. The van der Waals surface area contributed by atoms with Gasteiger partial charge in [0.15, 0.2) is 5.13 Å². The van der Waals surface area contributed by atoms with Gasteiger partial charge in [-0.2, -0.15) is 0 Å². The molecule has 0 saturated carbocycles. The molecule has 0 aliphatic carbocycles. The molecule has 146 valence electrons. The fourth-order valence-electron chi connectivity index (χ4n) is 2.05. The van der Waals surface area contributed by atoms with Gasteiger partial charge < -0.3 is 15.1 Å². The van der Waals surface area contributed by atoms with Crippen LogP contribution in [-0.2, 0) is 11.2 Å². The van der Waals surface area contributed by atoms with Crippen LogP contribution in [0.5, 0.6) is 0 Å². The van der Waals surface area contributed by atoms with Gasteiger partial charge in [0.2, 0.25) is 5.91 Å². The highest BCUT2D eigenvalue weighted by Crippen LogP contribution is 2.18. The molecule has 0 aromatic carbocycles. The lowest BCUT2D eigenvalue weighted by molar-refractivity contribution is -0.120. The molecule has 0 fully saturated rings. The van der Waals surface area contributed by atoms with Crippen molar-refractivity contribution in [3.63, 3.8) is 0 Å². The number of nitrogens with one attached hydrogen (secondary N) is 3. The number of anilines is 1. The van der Waals surface area contributed by atoms with Crippen LogP contribution in [-0.4, -0.2) is 36.4 Å². The Hall–Kier alpha value is -1.61. The van der Waals surface area contributed by atoms with E-state index in [1.165, 1.54) is 17.6 Å². The Bertz CT molecular complexity index is 691. The normalized spacial score (nSPS) is 9.77. The monoisotopic (exact) mass is 422 g/mol. The van der Waals surface area contributed by atoms with Gasteiger partial charge in [0.05, 0.1) is 23.9 Å². The van der Waals surface area contributed by atoms with E-state index in [4.69, 9.17) is 4.42 Å². The Kier molecular flexibility index (Phi) is 11.9. The average Bonchev–Trinajstić information content (AvgIpc) is 3.16.